The van der Waals surface area contributed by atoms with E-state index < -0.39 is 91.3 Å². The van der Waals surface area contributed by atoms with Crippen LogP contribution in [-0.4, -0.2) is 210 Å². The summed E-state index contributed by atoms with van der Waals surface area (Å²) in [5, 5.41) is 0. The lowest BCUT2D eigenvalue weighted by Crippen LogP contribution is -2.68. The monoisotopic (exact) mass is 2640 g/mol. The summed E-state index contributed by atoms with van der Waals surface area (Å²) in [5.74, 6) is 3.36. The fraction of sp³-hybridized carbons (Fsp3) is 1.00. The third kappa shape index (κ3) is 25.2. The molecule has 0 radical (unpaired) electrons. The molecule has 13 aliphatic carbocycles. The topological polar surface area (TPSA) is 166 Å². The molecule has 13 fully saturated rings. The third-order valence-corrected chi connectivity index (χ3v) is 118. The van der Waals surface area contributed by atoms with Crippen LogP contribution in [0.5, 0.6) is 0 Å². The molecule has 150 heavy (non-hydrogen) atoms. The molecule has 0 aromatic carbocycles. The fourth-order valence-corrected chi connectivity index (χ4v) is 130. The molecule has 48 heteroatoms. The molecule has 13 rings (SSSR count). The Morgan fingerprint density at radius 2 is 0.293 bits per heavy atom. The Morgan fingerprint density at radius 3 is 0.427 bits per heavy atom. The van der Waals surface area contributed by atoms with Gasteiger partial charge in [0.1, 0.15) is 38.5 Å². The highest BCUT2D eigenvalue weighted by Gasteiger charge is 2.84. The van der Waals surface area contributed by atoms with E-state index in [1.54, 1.807) is 0 Å². The van der Waals surface area contributed by atoms with Crippen molar-refractivity contribution < 1.29 is 79.7 Å². The van der Waals surface area contributed by atoms with Crippen LogP contribution in [0, 0.1) is 68.0 Å². The number of hydrogen-bond donors (Lipinski definition) is 0. The maximum atomic E-state index is 7.55. The molecular weight excluding hydrogens is 2450 g/mol. The maximum Gasteiger partial charge on any atom is 0.519 e. The van der Waals surface area contributed by atoms with Gasteiger partial charge in [0.15, 0.2) is 0 Å². The molecule has 12 bridgehead atoms. The highest BCUT2D eigenvalue weighted by Crippen LogP contribution is 2.88. The third-order valence-electron chi connectivity index (χ3n) is 37.6. The van der Waals surface area contributed by atoms with E-state index in [9.17, 15) is 0 Å². The molecule has 0 saturated heterocycles. The van der Waals surface area contributed by atoms with Gasteiger partial charge in [0.2, 0.25) is 0 Å². The zero-order valence-electron chi connectivity index (χ0n) is 95.4. The molecule has 13 aliphatic rings. The van der Waals surface area contributed by atoms with Crippen LogP contribution in [0.15, 0.2) is 0 Å². The molecule has 18 nitrogen and oxygen atoms in total. The van der Waals surface area contributed by atoms with Crippen LogP contribution in [0.2, 0.25) is 0 Å². The van der Waals surface area contributed by atoms with E-state index in [4.69, 9.17) is 79.7 Å². The van der Waals surface area contributed by atoms with Gasteiger partial charge >= 0.3 is 52.8 Å². The predicted octanol–water partition coefficient (Wildman–Crippen LogP) is 39.2. The van der Waals surface area contributed by atoms with Crippen molar-refractivity contribution in [3.05, 3.63) is 0 Å². The van der Waals surface area contributed by atoms with Crippen molar-refractivity contribution in [3.63, 3.8) is 0 Å². The lowest BCUT2D eigenvalue weighted by atomic mass is 9.80. The minimum absolute atomic E-state index is 0.0368. The van der Waals surface area contributed by atoms with Crippen LogP contribution in [-0.2, 0) is 79.7 Å². The number of hydrogen-bond acceptors (Lipinski definition) is 42. The van der Waals surface area contributed by atoms with E-state index in [1.165, 1.54) is 96.3 Å². The normalized spacial score (nSPS) is 36.5. The second-order valence-corrected chi connectivity index (χ2v) is 101. The van der Waals surface area contributed by atoms with Gasteiger partial charge in [0.25, 0.3) is 0 Å². The summed E-state index contributed by atoms with van der Waals surface area (Å²) in [6.07, 6.45) is 43.6. The van der Waals surface area contributed by atoms with Gasteiger partial charge in [-0.3, -0.25) is 0 Å². The number of rotatable bonds is 78. The SMILES string of the molecule is CCO[Si](OCC)(OCC)C1(SSSSC2(SSSSC3([Si](OCC)(OCC)OCC)CC4CCC3(CC)C4)CCCCCCCCCC(SSSSC3([Si](OCC)(OCC)OCC)CC4CCC3(CC)C4)(SSSSC3([Si](OCC)(OCC)OCC)CC4CCC3(CC)C4)C2(SSSSC2([Si](OCC)(OCC)OCC)CC3CCC2(CC)C3)SSSSC2([Si](OCC)(OCC)OCC)CC3CCC2(CC)C3)CC2CCC1(CC)C2. The first-order chi connectivity index (χ1) is 72.6. The van der Waals surface area contributed by atoms with Crippen molar-refractivity contribution in [1.82, 2.24) is 0 Å². The fourth-order valence-electron chi connectivity index (χ4n) is 31.8. The van der Waals surface area contributed by atoms with Crippen molar-refractivity contribution in [2.24, 2.45) is 68.0 Å². The Balaban J connectivity index is 1.12. The largest absolute Gasteiger partial charge is 0.519 e. The van der Waals surface area contributed by atoms with Crippen molar-refractivity contribution in [2.75, 3.05) is 119 Å². The minimum atomic E-state index is -3.56. The Hall–Kier alpha value is 8.98. The van der Waals surface area contributed by atoms with Gasteiger partial charge in [-0.15, -0.1) is 0 Å². The Kier molecular flexibility index (Phi) is 55.5. The van der Waals surface area contributed by atoms with Gasteiger partial charge in [-0.1, -0.05) is 216 Å². The second-order valence-electron chi connectivity index (χ2n) is 43.7. The van der Waals surface area contributed by atoms with E-state index in [2.05, 4.69) is 414 Å². The van der Waals surface area contributed by atoms with Gasteiger partial charge < -0.3 is 79.7 Å². The van der Waals surface area contributed by atoms with Crippen LogP contribution < -0.4 is 0 Å². The molecule has 0 heterocycles. The summed E-state index contributed by atoms with van der Waals surface area (Å²) < 4.78 is 131. The molecule has 0 aromatic rings. The lowest BCUT2D eigenvalue weighted by Gasteiger charge is -2.56. The summed E-state index contributed by atoms with van der Waals surface area (Å²) in [4.78, 5) is 0. The molecule has 0 aromatic heterocycles. The van der Waals surface area contributed by atoms with Crippen LogP contribution >= 0.6 is 247 Å². The second kappa shape index (κ2) is 61.3. The lowest BCUT2D eigenvalue weighted by molar-refractivity contribution is 0.0347. The summed E-state index contributed by atoms with van der Waals surface area (Å²) >= 11 is 0. The van der Waals surface area contributed by atoms with Crippen LogP contribution in [0.4, 0.5) is 0 Å². The summed E-state index contributed by atoms with van der Waals surface area (Å²) in [5.41, 5.74) is -0.256. The van der Waals surface area contributed by atoms with Gasteiger partial charge in [-0.25, -0.2) is 0 Å². The average molecular weight is 2640 g/mol. The first-order valence-electron chi connectivity index (χ1n) is 58.3. The van der Waals surface area contributed by atoms with E-state index in [-0.39, 0.29) is 32.5 Å². The molecule has 0 amide bonds. The van der Waals surface area contributed by atoms with Gasteiger partial charge in [-0.2, -0.15) is 0 Å². The molecule has 13 saturated carbocycles. The van der Waals surface area contributed by atoms with Crippen LogP contribution in [0.3, 0.4) is 0 Å². The standard InChI is InChI=1S/C102H192O18S24Si6/c1-25-88-64-56-82(70-88)76-96(88,145(103-31-7,104-32-8)105-33-9)125-137-133-121-94(122-134-138-126-97(77-83-57-65-89(97,26-2)71-83)146(106-34-10,107-35-11)108-36-12)62-54-52-50-49-51-53-55-63-95(123-135-139-127-98(78-84-58-66-90(98,27-3)72-84)147(109-37-13,110-38-14)111-39-15,124-136-140-128-99(79-85-59-67-91(99,28-4)73-85)148(112-40-16,113-41-17)114-42-18)102(94,131-143-141-129-100(80-86-60-68-92(100,29-5)74-86)149(115-43-19,116-44-20)117-45-21)132-144-142-130-101(81-87-61-69-93(101,30-6)75-87)150(118-46-22,119-47-23)120-48-24/h82-87H,25-81H2,1-24H3. The van der Waals surface area contributed by atoms with E-state index in [0.29, 0.717) is 154 Å². The van der Waals surface area contributed by atoms with Gasteiger partial charge in [-0.05, 0) is 516 Å². The van der Waals surface area contributed by atoms with Crippen molar-refractivity contribution in [3.8, 4) is 0 Å². The molecular formula is C102H192O18S24Si6. The average Bonchev–Trinajstić information content (AvgIpc) is 1.58. The maximum absolute atomic E-state index is 7.55. The Bertz CT molecular complexity index is 3540. The molecule has 0 spiro atoms. The van der Waals surface area contributed by atoms with Crippen molar-refractivity contribution in [1.29, 1.82) is 0 Å². The first-order valence-corrected chi connectivity index (χ1v) is 97.6. The molecule has 18 atom stereocenters. The zero-order chi connectivity index (χ0) is 108. The zero-order valence-corrected chi connectivity index (χ0v) is 121. The summed E-state index contributed by atoms with van der Waals surface area (Å²) in [6.45, 7) is 64.0. The number of fused-ring (bicyclic) bond motifs is 12. The highest BCUT2D eigenvalue weighted by atomic mass is 33.7. The molecule has 18 unspecified atom stereocenters. The smallest absolute Gasteiger partial charge is 0.373 e. The van der Waals surface area contributed by atoms with Crippen molar-refractivity contribution in [2.45, 2.75) is 455 Å². The van der Waals surface area contributed by atoms with E-state index in [1.807, 2.05) is 0 Å². The Labute approximate surface area is 1010 Å². The Morgan fingerprint density at radius 1 is 0.160 bits per heavy atom. The van der Waals surface area contributed by atoms with Gasteiger partial charge in [0, 0.05) is 119 Å². The first kappa shape index (κ1) is 136. The van der Waals surface area contributed by atoms with Crippen molar-refractivity contribution >= 4 is 300 Å². The minimum Gasteiger partial charge on any atom is -0.373 e. The molecule has 876 valence electrons. The summed E-state index contributed by atoms with van der Waals surface area (Å²) in [7, 11) is 30.0. The van der Waals surface area contributed by atoms with E-state index in [0.717, 1.165) is 154 Å². The quantitative estimate of drug-likeness (QED) is 0.0244. The molecule has 0 aliphatic heterocycles. The predicted molar refractivity (Wildman–Crippen MR) is 700 cm³/mol. The highest BCUT2D eigenvalue weighted by molar-refractivity contribution is 9.32. The van der Waals surface area contributed by atoms with Gasteiger partial charge in [0.05, 0.1) is 0 Å². The van der Waals surface area contributed by atoms with E-state index >= 15 is 0 Å². The van der Waals surface area contributed by atoms with Crippen LogP contribution in [0.25, 0.3) is 0 Å². The summed E-state index contributed by atoms with van der Waals surface area (Å²) in [6, 6.07) is 0. The molecule has 0 N–H and O–H groups in total. The van der Waals surface area contributed by atoms with Crippen LogP contribution in [0.1, 0.15) is 417 Å².